The number of aryl methyl sites for hydroxylation is 2. The molecule has 0 unspecified atom stereocenters. The number of aromatic nitrogens is 2. The molecule has 4 heteroatoms. The van der Waals surface area contributed by atoms with Gasteiger partial charge in [0.1, 0.15) is 0 Å². The van der Waals surface area contributed by atoms with Crippen molar-refractivity contribution in [2.45, 2.75) is 38.8 Å². The molecule has 0 aliphatic rings. The Kier molecular flexibility index (Phi) is 5.75. The molecule has 0 atom stereocenters. The molecule has 2 rings (SSSR count). The minimum absolute atomic E-state index is 0.676. The van der Waals surface area contributed by atoms with Gasteiger partial charge < -0.3 is 5.11 Å². The van der Waals surface area contributed by atoms with Crippen LogP contribution in [0.15, 0.2) is 42.7 Å². The highest BCUT2D eigenvalue weighted by molar-refractivity contribution is 5.14. The van der Waals surface area contributed by atoms with Gasteiger partial charge in [0, 0.05) is 26.3 Å². The van der Waals surface area contributed by atoms with Crippen molar-refractivity contribution in [3.63, 3.8) is 0 Å². The van der Waals surface area contributed by atoms with Crippen molar-refractivity contribution in [2.75, 3.05) is 13.1 Å². The Morgan fingerprint density at radius 3 is 2.50 bits per heavy atom. The standard InChI is InChI=1S/C18H27N3O/c1-18(2,22)15-21(14-16-8-5-4-6-9-16)11-7-10-17-12-19-20(3)13-17/h4-6,8-9,12-13,22H,7,10-11,14-15H2,1-3H3. The molecule has 2 aromatic rings. The summed E-state index contributed by atoms with van der Waals surface area (Å²) in [6.07, 6.45) is 6.08. The van der Waals surface area contributed by atoms with Crippen LogP contribution in [0.1, 0.15) is 31.4 Å². The minimum atomic E-state index is -0.677. The summed E-state index contributed by atoms with van der Waals surface area (Å²) in [5, 5.41) is 14.3. The first kappa shape index (κ1) is 16.7. The van der Waals surface area contributed by atoms with Crippen LogP contribution < -0.4 is 0 Å². The lowest BCUT2D eigenvalue weighted by molar-refractivity contribution is 0.0331. The SMILES string of the molecule is Cn1cc(CCCN(Cc2ccccc2)CC(C)(C)O)cn1. The zero-order valence-electron chi connectivity index (χ0n) is 13.9. The van der Waals surface area contributed by atoms with E-state index in [2.05, 4.69) is 40.5 Å². The molecule has 120 valence electrons. The average molecular weight is 301 g/mol. The predicted molar refractivity (Wildman–Crippen MR) is 89.5 cm³/mol. The van der Waals surface area contributed by atoms with E-state index in [-0.39, 0.29) is 0 Å². The van der Waals surface area contributed by atoms with Gasteiger partial charge in [-0.2, -0.15) is 5.10 Å². The third kappa shape index (κ3) is 6.00. The molecule has 22 heavy (non-hydrogen) atoms. The van der Waals surface area contributed by atoms with Gasteiger partial charge in [-0.05, 0) is 44.4 Å². The van der Waals surface area contributed by atoms with Crippen LogP contribution in [0.2, 0.25) is 0 Å². The van der Waals surface area contributed by atoms with Gasteiger partial charge in [0.25, 0.3) is 0 Å². The molecule has 1 heterocycles. The van der Waals surface area contributed by atoms with Crippen molar-refractivity contribution in [1.82, 2.24) is 14.7 Å². The fraction of sp³-hybridized carbons (Fsp3) is 0.500. The predicted octanol–water partition coefficient (Wildman–Crippen LogP) is 2.63. The summed E-state index contributed by atoms with van der Waals surface area (Å²) in [4.78, 5) is 2.33. The van der Waals surface area contributed by atoms with Gasteiger partial charge in [-0.1, -0.05) is 30.3 Å². The molecule has 0 aliphatic carbocycles. The molecule has 0 amide bonds. The van der Waals surface area contributed by atoms with E-state index in [9.17, 15) is 5.11 Å². The first-order chi connectivity index (χ1) is 10.4. The molecule has 1 N–H and O–H groups in total. The van der Waals surface area contributed by atoms with Crippen molar-refractivity contribution in [1.29, 1.82) is 0 Å². The lowest BCUT2D eigenvalue weighted by Crippen LogP contribution is -2.38. The van der Waals surface area contributed by atoms with Crippen LogP contribution in [0, 0.1) is 0 Å². The average Bonchev–Trinajstić information content (AvgIpc) is 2.84. The molecular weight excluding hydrogens is 274 g/mol. The molecule has 1 aromatic carbocycles. The van der Waals surface area contributed by atoms with E-state index in [1.807, 2.05) is 37.8 Å². The number of benzene rings is 1. The Labute approximate surface area is 133 Å². The van der Waals surface area contributed by atoms with Gasteiger partial charge in [0.05, 0.1) is 11.8 Å². The van der Waals surface area contributed by atoms with E-state index >= 15 is 0 Å². The zero-order chi connectivity index (χ0) is 16.0. The van der Waals surface area contributed by atoms with E-state index in [1.165, 1.54) is 11.1 Å². The Morgan fingerprint density at radius 2 is 1.91 bits per heavy atom. The zero-order valence-corrected chi connectivity index (χ0v) is 13.9. The molecule has 4 nitrogen and oxygen atoms in total. The van der Waals surface area contributed by atoms with Gasteiger partial charge in [0.15, 0.2) is 0 Å². The quantitative estimate of drug-likeness (QED) is 0.815. The maximum Gasteiger partial charge on any atom is 0.0718 e. The first-order valence-corrected chi connectivity index (χ1v) is 7.88. The van der Waals surface area contributed by atoms with Crippen LogP contribution in [0.25, 0.3) is 0 Å². The normalized spacial score (nSPS) is 12.0. The molecule has 0 radical (unpaired) electrons. The number of nitrogens with zero attached hydrogens (tertiary/aromatic N) is 3. The summed E-state index contributed by atoms with van der Waals surface area (Å²) in [7, 11) is 1.94. The molecule has 1 aromatic heterocycles. The van der Waals surface area contributed by atoms with Crippen LogP contribution in [0.4, 0.5) is 0 Å². The summed E-state index contributed by atoms with van der Waals surface area (Å²) in [5.41, 5.74) is 1.88. The molecule has 0 bridgehead atoms. The second-order valence-corrected chi connectivity index (χ2v) is 6.63. The number of hydrogen-bond acceptors (Lipinski definition) is 3. The smallest absolute Gasteiger partial charge is 0.0718 e. The number of aliphatic hydroxyl groups is 1. The fourth-order valence-corrected chi connectivity index (χ4v) is 2.71. The fourth-order valence-electron chi connectivity index (χ4n) is 2.71. The summed E-state index contributed by atoms with van der Waals surface area (Å²) >= 11 is 0. The largest absolute Gasteiger partial charge is 0.389 e. The van der Waals surface area contributed by atoms with Gasteiger partial charge >= 0.3 is 0 Å². The summed E-state index contributed by atoms with van der Waals surface area (Å²) < 4.78 is 1.84. The van der Waals surface area contributed by atoms with E-state index in [0.29, 0.717) is 6.54 Å². The number of hydrogen-bond donors (Lipinski definition) is 1. The third-order valence-electron chi connectivity index (χ3n) is 3.56. The van der Waals surface area contributed by atoms with E-state index in [1.54, 1.807) is 0 Å². The highest BCUT2D eigenvalue weighted by Gasteiger charge is 2.18. The van der Waals surface area contributed by atoms with Gasteiger partial charge in [-0.25, -0.2) is 0 Å². The first-order valence-electron chi connectivity index (χ1n) is 7.88. The lowest BCUT2D eigenvalue weighted by atomic mass is 10.1. The molecule has 0 fully saturated rings. The van der Waals surface area contributed by atoms with Crippen LogP contribution in [0.5, 0.6) is 0 Å². The molecule has 0 saturated carbocycles. The number of rotatable bonds is 8. The Morgan fingerprint density at radius 1 is 1.18 bits per heavy atom. The van der Waals surface area contributed by atoms with Gasteiger partial charge in [-0.15, -0.1) is 0 Å². The Hall–Kier alpha value is -1.65. The van der Waals surface area contributed by atoms with Crippen molar-refractivity contribution in [3.05, 3.63) is 53.9 Å². The molecular formula is C18H27N3O. The second-order valence-electron chi connectivity index (χ2n) is 6.63. The topological polar surface area (TPSA) is 41.3 Å². The Bertz CT molecular complexity index is 557. The maximum absolute atomic E-state index is 10.1. The van der Waals surface area contributed by atoms with Crippen molar-refractivity contribution in [3.8, 4) is 0 Å². The second kappa shape index (κ2) is 7.56. The Balaban J connectivity index is 1.89. The maximum atomic E-state index is 10.1. The lowest BCUT2D eigenvalue weighted by Gasteiger charge is -2.29. The minimum Gasteiger partial charge on any atom is -0.389 e. The van der Waals surface area contributed by atoms with Crippen LogP contribution in [-0.2, 0) is 20.0 Å². The summed E-state index contributed by atoms with van der Waals surface area (Å²) in [5.74, 6) is 0. The van der Waals surface area contributed by atoms with E-state index in [4.69, 9.17) is 0 Å². The van der Waals surface area contributed by atoms with Crippen molar-refractivity contribution < 1.29 is 5.11 Å². The van der Waals surface area contributed by atoms with Crippen LogP contribution in [-0.4, -0.2) is 38.5 Å². The highest BCUT2D eigenvalue weighted by Crippen LogP contribution is 2.12. The van der Waals surface area contributed by atoms with E-state index in [0.717, 1.165) is 25.9 Å². The van der Waals surface area contributed by atoms with Crippen molar-refractivity contribution >= 4 is 0 Å². The van der Waals surface area contributed by atoms with E-state index < -0.39 is 5.60 Å². The summed E-state index contributed by atoms with van der Waals surface area (Å²) in [6.45, 7) is 6.25. The highest BCUT2D eigenvalue weighted by atomic mass is 16.3. The molecule has 0 saturated heterocycles. The van der Waals surface area contributed by atoms with Crippen LogP contribution >= 0.6 is 0 Å². The summed E-state index contributed by atoms with van der Waals surface area (Å²) in [6, 6.07) is 10.4. The van der Waals surface area contributed by atoms with Crippen molar-refractivity contribution in [2.24, 2.45) is 7.05 Å². The van der Waals surface area contributed by atoms with Gasteiger partial charge in [0.2, 0.25) is 0 Å². The van der Waals surface area contributed by atoms with Gasteiger partial charge in [-0.3, -0.25) is 9.58 Å². The monoisotopic (exact) mass is 301 g/mol. The molecule has 0 aliphatic heterocycles. The van der Waals surface area contributed by atoms with Crippen LogP contribution in [0.3, 0.4) is 0 Å². The molecule has 0 spiro atoms. The third-order valence-corrected chi connectivity index (χ3v) is 3.56.